The van der Waals surface area contributed by atoms with E-state index in [0.29, 0.717) is 12.5 Å². The summed E-state index contributed by atoms with van der Waals surface area (Å²) in [7, 11) is 0. The third-order valence-corrected chi connectivity index (χ3v) is 3.51. The third kappa shape index (κ3) is 2.42. The van der Waals surface area contributed by atoms with Gasteiger partial charge in [0.25, 0.3) is 0 Å². The van der Waals surface area contributed by atoms with Gasteiger partial charge in [-0.05, 0) is 50.0 Å². The summed E-state index contributed by atoms with van der Waals surface area (Å²) in [4.78, 5) is 0. The van der Waals surface area contributed by atoms with E-state index in [1.54, 1.807) is 6.07 Å². The van der Waals surface area contributed by atoms with E-state index in [0.717, 1.165) is 31.5 Å². The molecule has 1 atom stereocenters. The van der Waals surface area contributed by atoms with Crippen LogP contribution in [0.1, 0.15) is 24.3 Å². The van der Waals surface area contributed by atoms with E-state index in [-0.39, 0.29) is 11.7 Å². The highest BCUT2D eigenvalue weighted by atomic mass is 19.1. The fraction of sp³-hybridized carbons (Fsp3) is 0.538. The zero-order valence-corrected chi connectivity index (χ0v) is 9.45. The molecule has 0 aliphatic carbocycles. The zero-order chi connectivity index (χ0) is 11.4. The second-order valence-electron chi connectivity index (χ2n) is 4.45. The Morgan fingerprint density at radius 1 is 1.31 bits per heavy atom. The average Bonchev–Trinajstić information content (AvgIpc) is 2.34. The molecule has 0 amide bonds. The van der Waals surface area contributed by atoms with Gasteiger partial charge in [0.15, 0.2) is 0 Å². The maximum absolute atomic E-state index is 13.7. The van der Waals surface area contributed by atoms with Crippen molar-refractivity contribution >= 4 is 0 Å². The lowest BCUT2D eigenvalue weighted by atomic mass is 9.80. The molecule has 1 aromatic carbocycles. The van der Waals surface area contributed by atoms with Gasteiger partial charge >= 0.3 is 0 Å². The predicted octanol–water partition coefficient (Wildman–Crippen LogP) is 1.87. The Balaban J connectivity index is 2.18. The molecule has 0 bridgehead atoms. The maximum atomic E-state index is 13.7. The number of nitrogens with one attached hydrogen (secondary N) is 1. The van der Waals surface area contributed by atoms with Crippen molar-refractivity contribution < 1.29 is 4.39 Å². The van der Waals surface area contributed by atoms with Crippen LogP contribution in [0.15, 0.2) is 24.3 Å². The molecule has 3 N–H and O–H groups in total. The van der Waals surface area contributed by atoms with Crippen molar-refractivity contribution in [1.29, 1.82) is 0 Å². The van der Waals surface area contributed by atoms with E-state index in [4.69, 9.17) is 5.73 Å². The summed E-state index contributed by atoms with van der Waals surface area (Å²) in [6.07, 6.45) is 2.19. The summed E-state index contributed by atoms with van der Waals surface area (Å²) >= 11 is 0. The van der Waals surface area contributed by atoms with Crippen LogP contribution in [0.25, 0.3) is 0 Å². The number of benzene rings is 1. The van der Waals surface area contributed by atoms with E-state index in [9.17, 15) is 4.39 Å². The van der Waals surface area contributed by atoms with Gasteiger partial charge in [0.05, 0.1) is 0 Å². The van der Waals surface area contributed by atoms with E-state index < -0.39 is 0 Å². The molecule has 1 aliphatic rings. The predicted molar refractivity (Wildman–Crippen MR) is 63.8 cm³/mol. The van der Waals surface area contributed by atoms with Gasteiger partial charge in [-0.3, -0.25) is 0 Å². The van der Waals surface area contributed by atoms with Gasteiger partial charge in [-0.1, -0.05) is 18.2 Å². The molecule has 1 aromatic rings. The van der Waals surface area contributed by atoms with Crippen molar-refractivity contribution in [3.8, 4) is 0 Å². The second-order valence-corrected chi connectivity index (χ2v) is 4.45. The first-order valence-corrected chi connectivity index (χ1v) is 5.98. The van der Waals surface area contributed by atoms with E-state index in [1.807, 2.05) is 12.1 Å². The quantitative estimate of drug-likeness (QED) is 0.819. The lowest BCUT2D eigenvalue weighted by molar-refractivity contribution is 0.316. The number of nitrogens with two attached hydrogens (primary N) is 1. The zero-order valence-electron chi connectivity index (χ0n) is 9.45. The fourth-order valence-electron chi connectivity index (χ4n) is 2.60. The second kappa shape index (κ2) is 5.41. The average molecular weight is 222 g/mol. The SMILES string of the molecule is NCC(c1ccccc1F)C1CCNCC1. The number of rotatable bonds is 3. The smallest absolute Gasteiger partial charge is 0.126 e. The Morgan fingerprint density at radius 3 is 2.62 bits per heavy atom. The normalized spacial score (nSPS) is 19.6. The molecule has 88 valence electrons. The molecule has 0 radical (unpaired) electrons. The third-order valence-electron chi connectivity index (χ3n) is 3.51. The molecule has 2 rings (SSSR count). The van der Waals surface area contributed by atoms with Crippen LogP contribution in [0.4, 0.5) is 4.39 Å². The monoisotopic (exact) mass is 222 g/mol. The van der Waals surface area contributed by atoms with Crippen LogP contribution >= 0.6 is 0 Å². The van der Waals surface area contributed by atoms with Gasteiger partial charge in [-0.15, -0.1) is 0 Å². The molecule has 1 aliphatic heterocycles. The lowest BCUT2D eigenvalue weighted by Crippen LogP contribution is -2.33. The fourth-order valence-corrected chi connectivity index (χ4v) is 2.60. The van der Waals surface area contributed by atoms with Gasteiger partial charge in [0.1, 0.15) is 5.82 Å². The maximum Gasteiger partial charge on any atom is 0.126 e. The molecule has 1 saturated heterocycles. The molecule has 0 saturated carbocycles. The Morgan fingerprint density at radius 2 is 2.00 bits per heavy atom. The molecule has 1 fully saturated rings. The van der Waals surface area contributed by atoms with Gasteiger partial charge in [0, 0.05) is 5.92 Å². The molecule has 2 nitrogen and oxygen atoms in total. The van der Waals surface area contributed by atoms with Gasteiger partial charge in [-0.25, -0.2) is 4.39 Å². The minimum absolute atomic E-state index is 0.114. The summed E-state index contributed by atoms with van der Waals surface area (Å²) in [6, 6.07) is 7.02. The van der Waals surface area contributed by atoms with Crippen LogP contribution in [-0.2, 0) is 0 Å². The minimum Gasteiger partial charge on any atom is -0.330 e. The largest absolute Gasteiger partial charge is 0.330 e. The summed E-state index contributed by atoms with van der Waals surface area (Å²) in [5.41, 5.74) is 6.61. The molecule has 1 unspecified atom stereocenters. The Hall–Kier alpha value is -0.930. The van der Waals surface area contributed by atoms with Gasteiger partial charge in [0.2, 0.25) is 0 Å². The lowest BCUT2D eigenvalue weighted by Gasteiger charge is -2.30. The number of halogens is 1. The summed E-state index contributed by atoms with van der Waals surface area (Å²) < 4.78 is 13.7. The molecule has 0 aromatic heterocycles. The highest BCUT2D eigenvalue weighted by Crippen LogP contribution is 2.31. The number of piperidine rings is 1. The van der Waals surface area contributed by atoms with Crippen molar-refractivity contribution in [2.75, 3.05) is 19.6 Å². The first-order valence-electron chi connectivity index (χ1n) is 5.98. The summed E-state index contributed by atoms with van der Waals surface area (Å²) in [5.74, 6) is 0.572. The molecular weight excluding hydrogens is 203 g/mol. The van der Waals surface area contributed by atoms with Gasteiger partial charge < -0.3 is 11.1 Å². The molecular formula is C13H19FN2. The minimum atomic E-state index is -0.114. The number of hydrogen-bond acceptors (Lipinski definition) is 2. The Labute approximate surface area is 96.0 Å². The van der Waals surface area contributed by atoms with E-state index >= 15 is 0 Å². The Kier molecular flexibility index (Phi) is 3.91. The highest BCUT2D eigenvalue weighted by Gasteiger charge is 2.25. The van der Waals surface area contributed by atoms with Crippen LogP contribution in [0, 0.1) is 11.7 Å². The van der Waals surface area contributed by atoms with Crippen molar-refractivity contribution in [1.82, 2.24) is 5.32 Å². The van der Waals surface area contributed by atoms with E-state index in [1.165, 1.54) is 6.07 Å². The molecule has 1 heterocycles. The van der Waals surface area contributed by atoms with Crippen LogP contribution < -0.4 is 11.1 Å². The van der Waals surface area contributed by atoms with Crippen LogP contribution in [0.3, 0.4) is 0 Å². The summed E-state index contributed by atoms with van der Waals surface area (Å²) in [5, 5.41) is 3.33. The van der Waals surface area contributed by atoms with Crippen molar-refractivity contribution in [2.45, 2.75) is 18.8 Å². The molecule has 3 heteroatoms. The summed E-state index contributed by atoms with van der Waals surface area (Å²) in [6.45, 7) is 2.58. The van der Waals surface area contributed by atoms with Gasteiger partial charge in [-0.2, -0.15) is 0 Å². The number of hydrogen-bond donors (Lipinski definition) is 2. The van der Waals surface area contributed by atoms with Crippen molar-refractivity contribution in [3.63, 3.8) is 0 Å². The van der Waals surface area contributed by atoms with Crippen molar-refractivity contribution in [2.24, 2.45) is 11.7 Å². The topological polar surface area (TPSA) is 38.0 Å². The Bertz CT molecular complexity index is 334. The van der Waals surface area contributed by atoms with Crippen LogP contribution in [0.2, 0.25) is 0 Å². The molecule has 16 heavy (non-hydrogen) atoms. The van der Waals surface area contributed by atoms with Crippen LogP contribution in [0.5, 0.6) is 0 Å². The van der Waals surface area contributed by atoms with E-state index in [2.05, 4.69) is 5.32 Å². The first kappa shape index (κ1) is 11.6. The first-order chi connectivity index (χ1) is 7.83. The standard InChI is InChI=1S/C13H19FN2/c14-13-4-2-1-3-11(13)12(9-15)10-5-7-16-8-6-10/h1-4,10,12,16H,5-9,15H2. The van der Waals surface area contributed by atoms with Crippen molar-refractivity contribution in [3.05, 3.63) is 35.6 Å². The highest BCUT2D eigenvalue weighted by molar-refractivity contribution is 5.23. The van der Waals surface area contributed by atoms with Crippen LogP contribution in [-0.4, -0.2) is 19.6 Å². The molecule has 0 spiro atoms.